The predicted octanol–water partition coefficient (Wildman–Crippen LogP) is 3.22. The molecule has 0 radical (unpaired) electrons. The van der Waals surface area contributed by atoms with Crippen molar-refractivity contribution in [3.8, 4) is 10.7 Å². The summed E-state index contributed by atoms with van der Waals surface area (Å²) < 4.78 is 0. The molecule has 2 aromatic rings. The summed E-state index contributed by atoms with van der Waals surface area (Å²) in [5, 5.41) is 4.48. The summed E-state index contributed by atoms with van der Waals surface area (Å²) in [6, 6.07) is 1.93. The maximum Gasteiger partial charge on any atom is 0.142 e. The Bertz CT molecular complexity index is 563. The second kappa shape index (κ2) is 6.90. The highest BCUT2D eigenvalue weighted by atomic mass is 32.1. The summed E-state index contributed by atoms with van der Waals surface area (Å²) >= 11 is 1.73. The van der Waals surface area contributed by atoms with E-state index in [1.807, 2.05) is 13.0 Å². The van der Waals surface area contributed by atoms with Crippen molar-refractivity contribution in [2.75, 3.05) is 6.54 Å². The number of hydrogen-bond acceptors (Lipinski definition) is 5. The molecule has 0 amide bonds. The van der Waals surface area contributed by atoms with Crippen LogP contribution in [0.4, 0.5) is 0 Å². The average Bonchev–Trinajstić information content (AvgIpc) is 2.81. The van der Waals surface area contributed by atoms with Gasteiger partial charge in [0.25, 0.3) is 0 Å². The number of nitrogens with zero attached hydrogens (tertiary/aromatic N) is 3. The number of aryl methyl sites for hydroxylation is 2. The van der Waals surface area contributed by atoms with Crippen LogP contribution in [0.5, 0.6) is 0 Å². The second-order valence-electron chi connectivity index (χ2n) is 5.26. The maximum absolute atomic E-state index is 4.73. The van der Waals surface area contributed by atoms with Crippen LogP contribution >= 0.6 is 11.3 Å². The van der Waals surface area contributed by atoms with Crippen LogP contribution in [0, 0.1) is 12.8 Å². The van der Waals surface area contributed by atoms with Gasteiger partial charge in [-0.2, -0.15) is 0 Å². The van der Waals surface area contributed by atoms with Crippen LogP contribution in [0.2, 0.25) is 0 Å². The van der Waals surface area contributed by atoms with Crippen molar-refractivity contribution in [3.63, 3.8) is 0 Å². The Kier molecular flexibility index (Phi) is 5.20. The van der Waals surface area contributed by atoms with Gasteiger partial charge in [-0.25, -0.2) is 15.0 Å². The first-order chi connectivity index (χ1) is 9.60. The molecule has 2 aromatic heterocycles. The molecule has 0 aromatic carbocycles. The van der Waals surface area contributed by atoms with Crippen LogP contribution < -0.4 is 5.32 Å². The number of nitrogens with one attached hydrogen (secondary N) is 1. The van der Waals surface area contributed by atoms with Gasteiger partial charge in [-0.3, -0.25) is 0 Å². The molecule has 20 heavy (non-hydrogen) atoms. The third-order valence-electron chi connectivity index (χ3n) is 2.95. The fourth-order valence-electron chi connectivity index (χ4n) is 1.96. The van der Waals surface area contributed by atoms with Gasteiger partial charge >= 0.3 is 0 Å². The second-order valence-corrected chi connectivity index (χ2v) is 6.34. The van der Waals surface area contributed by atoms with Gasteiger partial charge in [0, 0.05) is 17.6 Å². The topological polar surface area (TPSA) is 50.7 Å². The highest BCUT2D eigenvalue weighted by molar-refractivity contribution is 7.15. The van der Waals surface area contributed by atoms with Crippen LogP contribution in [0.15, 0.2) is 12.3 Å². The van der Waals surface area contributed by atoms with Crippen LogP contribution in [-0.2, 0) is 13.0 Å². The smallest absolute Gasteiger partial charge is 0.142 e. The molecular weight excluding hydrogens is 268 g/mol. The van der Waals surface area contributed by atoms with Crippen molar-refractivity contribution in [3.05, 3.63) is 28.7 Å². The zero-order chi connectivity index (χ0) is 14.5. The van der Waals surface area contributed by atoms with E-state index in [0.29, 0.717) is 5.92 Å². The Hall–Kier alpha value is -1.33. The molecule has 0 saturated carbocycles. The number of hydrogen-bond donors (Lipinski definition) is 1. The molecule has 0 aliphatic carbocycles. The Morgan fingerprint density at radius 1 is 1.30 bits per heavy atom. The van der Waals surface area contributed by atoms with Gasteiger partial charge in [0.2, 0.25) is 0 Å². The zero-order valence-electron chi connectivity index (χ0n) is 12.6. The highest BCUT2D eigenvalue weighted by Gasteiger charge is 2.12. The van der Waals surface area contributed by atoms with Gasteiger partial charge in [-0.05, 0) is 31.9 Å². The van der Waals surface area contributed by atoms with Gasteiger partial charge in [-0.1, -0.05) is 20.8 Å². The lowest BCUT2D eigenvalue weighted by atomic mass is 10.2. The first-order valence-electron chi connectivity index (χ1n) is 7.09. The first-order valence-corrected chi connectivity index (χ1v) is 7.91. The summed E-state index contributed by atoms with van der Waals surface area (Å²) in [5.41, 5.74) is 2.10. The SMILES string of the molecule is CCc1nc(-c2ccnc(C)n2)sc1CNCC(C)C. The summed E-state index contributed by atoms with van der Waals surface area (Å²) in [6.07, 6.45) is 2.75. The maximum atomic E-state index is 4.73. The average molecular weight is 290 g/mol. The van der Waals surface area contributed by atoms with Crippen molar-refractivity contribution in [1.29, 1.82) is 0 Å². The van der Waals surface area contributed by atoms with E-state index >= 15 is 0 Å². The van der Waals surface area contributed by atoms with Gasteiger partial charge < -0.3 is 5.32 Å². The molecule has 2 rings (SSSR count). The quantitative estimate of drug-likeness (QED) is 0.887. The normalized spacial score (nSPS) is 11.2. The summed E-state index contributed by atoms with van der Waals surface area (Å²) in [6.45, 7) is 10.4. The lowest BCUT2D eigenvalue weighted by Gasteiger charge is -2.06. The van der Waals surface area contributed by atoms with Crippen molar-refractivity contribution in [2.45, 2.75) is 40.7 Å². The molecule has 0 spiro atoms. The van der Waals surface area contributed by atoms with Crippen LogP contribution in [0.25, 0.3) is 10.7 Å². The van der Waals surface area contributed by atoms with Crippen molar-refractivity contribution < 1.29 is 0 Å². The van der Waals surface area contributed by atoms with Crippen LogP contribution in [-0.4, -0.2) is 21.5 Å². The number of aromatic nitrogens is 3. The highest BCUT2D eigenvalue weighted by Crippen LogP contribution is 2.27. The minimum Gasteiger partial charge on any atom is -0.312 e. The van der Waals surface area contributed by atoms with Gasteiger partial charge in [-0.15, -0.1) is 11.3 Å². The van der Waals surface area contributed by atoms with E-state index in [4.69, 9.17) is 4.98 Å². The van der Waals surface area contributed by atoms with Crippen molar-refractivity contribution in [1.82, 2.24) is 20.3 Å². The molecule has 0 aliphatic rings. The summed E-state index contributed by atoms with van der Waals surface area (Å²) in [4.78, 5) is 14.6. The first kappa shape index (κ1) is 15.1. The van der Waals surface area contributed by atoms with Crippen LogP contribution in [0.3, 0.4) is 0 Å². The van der Waals surface area contributed by atoms with Crippen LogP contribution in [0.1, 0.15) is 37.2 Å². The standard InChI is InChI=1S/C15H22N4S/c1-5-12-14(9-16-8-10(2)3)20-15(19-12)13-6-7-17-11(4)18-13/h6-7,10,16H,5,8-9H2,1-4H3. The monoisotopic (exact) mass is 290 g/mol. The molecule has 0 fully saturated rings. The van der Waals surface area contributed by atoms with E-state index in [0.717, 1.165) is 36.0 Å². The minimum absolute atomic E-state index is 0.664. The fourth-order valence-corrected chi connectivity index (χ4v) is 3.05. The third-order valence-corrected chi connectivity index (χ3v) is 4.07. The molecule has 0 unspecified atom stereocenters. The van der Waals surface area contributed by atoms with E-state index in [9.17, 15) is 0 Å². The van der Waals surface area contributed by atoms with E-state index in [-0.39, 0.29) is 0 Å². The van der Waals surface area contributed by atoms with E-state index in [2.05, 4.69) is 36.1 Å². The molecule has 0 atom stereocenters. The largest absolute Gasteiger partial charge is 0.312 e. The lowest BCUT2D eigenvalue weighted by molar-refractivity contribution is 0.553. The van der Waals surface area contributed by atoms with Gasteiger partial charge in [0.15, 0.2) is 0 Å². The molecule has 1 N–H and O–H groups in total. The van der Waals surface area contributed by atoms with Crippen molar-refractivity contribution >= 4 is 11.3 Å². The van der Waals surface area contributed by atoms with E-state index in [1.54, 1.807) is 17.5 Å². The van der Waals surface area contributed by atoms with E-state index in [1.165, 1.54) is 10.6 Å². The molecule has 0 saturated heterocycles. The predicted molar refractivity (Wildman–Crippen MR) is 83.8 cm³/mol. The van der Waals surface area contributed by atoms with E-state index < -0.39 is 0 Å². The number of rotatable bonds is 6. The lowest BCUT2D eigenvalue weighted by Crippen LogP contribution is -2.18. The molecule has 4 nitrogen and oxygen atoms in total. The molecule has 2 heterocycles. The minimum atomic E-state index is 0.664. The Morgan fingerprint density at radius 2 is 2.10 bits per heavy atom. The Morgan fingerprint density at radius 3 is 2.75 bits per heavy atom. The Labute approximate surface area is 124 Å². The molecule has 0 bridgehead atoms. The molecule has 108 valence electrons. The molecule has 5 heteroatoms. The molecular formula is C15H22N4S. The van der Waals surface area contributed by atoms with Crippen molar-refractivity contribution in [2.24, 2.45) is 5.92 Å². The fraction of sp³-hybridized carbons (Fsp3) is 0.533. The molecule has 0 aliphatic heterocycles. The summed E-state index contributed by atoms with van der Waals surface area (Å²) in [7, 11) is 0. The zero-order valence-corrected chi connectivity index (χ0v) is 13.4. The third kappa shape index (κ3) is 3.84. The summed E-state index contributed by atoms with van der Waals surface area (Å²) in [5.74, 6) is 1.45. The Balaban J connectivity index is 2.18. The van der Waals surface area contributed by atoms with Gasteiger partial charge in [0.1, 0.15) is 16.5 Å². The number of thiazole rings is 1. The van der Waals surface area contributed by atoms with Gasteiger partial charge in [0.05, 0.1) is 5.69 Å².